The molecule has 0 bridgehead atoms. The second-order valence-corrected chi connectivity index (χ2v) is 5.65. The van der Waals surface area contributed by atoms with E-state index in [2.05, 4.69) is 20.7 Å². The van der Waals surface area contributed by atoms with Crippen LogP contribution in [0.1, 0.15) is 16.1 Å². The van der Waals surface area contributed by atoms with Crippen LogP contribution in [-0.2, 0) is 0 Å². The van der Waals surface area contributed by atoms with E-state index in [0.717, 1.165) is 0 Å². The molecule has 8 heteroatoms. The van der Waals surface area contributed by atoms with Crippen molar-refractivity contribution in [2.24, 2.45) is 5.10 Å². The highest BCUT2D eigenvalue weighted by atomic mass is 35.5. The Bertz CT molecular complexity index is 969. The largest absolute Gasteiger partial charge is 0.504 e. The summed E-state index contributed by atoms with van der Waals surface area (Å²) in [5.74, 6) is -0.219. The van der Waals surface area contributed by atoms with Gasteiger partial charge in [0.1, 0.15) is 5.69 Å². The number of phenolic OH excluding ortho intramolecular Hbond substituents is 1. The molecule has 0 radical (unpaired) electrons. The average Bonchev–Trinajstić information content (AvgIpc) is 3.13. The minimum Gasteiger partial charge on any atom is -0.504 e. The summed E-state index contributed by atoms with van der Waals surface area (Å²) in [6.07, 6.45) is 1.32. The van der Waals surface area contributed by atoms with E-state index < -0.39 is 5.91 Å². The number of hydrogen-bond donors (Lipinski definition) is 3. The van der Waals surface area contributed by atoms with E-state index in [1.807, 2.05) is 18.2 Å². The van der Waals surface area contributed by atoms with E-state index >= 15 is 0 Å². The van der Waals surface area contributed by atoms with E-state index in [0.29, 0.717) is 27.6 Å². The van der Waals surface area contributed by atoms with Crippen LogP contribution >= 0.6 is 11.6 Å². The summed E-state index contributed by atoms with van der Waals surface area (Å²) < 4.78 is 5.01. The molecule has 7 nitrogen and oxygen atoms in total. The van der Waals surface area contributed by atoms with Crippen LogP contribution < -0.4 is 10.2 Å². The Morgan fingerprint density at radius 2 is 2.12 bits per heavy atom. The highest BCUT2D eigenvalue weighted by Crippen LogP contribution is 2.28. The Morgan fingerprint density at radius 3 is 2.88 bits per heavy atom. The lowest BCUT2D eigenvalue weighted by molar-refractivity contribution is 0.0950. The molecule has 2 aromatic carbocycles. The smallest absolute Gasteiger partial charge is 0.289 e. The minimum atomic E-state index is -0.477. The van der Waals surface area contributed by atoms with Crippen molar-refractivity contribution in [1.29, 1.82) is 0 Å². The van der Waals surface area contributed by atoms with Crippen LogP contribution in [0.15, 0.2) is 53.6 Å². The summed E-state index contributed by atoms with van der Waals surface area (Å²) >= 11 is 6.13. The topological polar surface area (TPSA) is 99.6 Å². The number of ether oxygens (including phenoxy) is 1. The summed E-state index contributed by atoms with van der Waals surface area (Å²) in [5.41, 5.74) is 4.27. The predicted molar refractivity (Wildman–Crippen MR) is 98.8 cm³/mol. The maximum absolute atomic E-state index is 12.2. The van der Waals surface area contributed by atoms with Crippen molar-refractivity contribution in [1.82, 2.24) is 15.6 Å². The number of aromatic nitrogens is 2. The van der Waals surface area contributed by atoms with Crippen molar-refractivity contribution in [2.45, 2.75) is 0 Å². The van der Waals surface area contributed by atoms with Gasteiger partial charge in [0, 0.05) is 11.1 Å². The van der Waals surface area contributed by atoms with Crippen LogP contribution in [0.3, 0.4) is 0 Å². The summed E-state index contributed by atoms with van der Waals surface area (Å²) in [7, 11) is 1.45. The van der Waals surface area contributed by atoms with Crippen LogP contribution in [0.4, 0.5) is 0 Å². The number of carbonyl (C=O) groups excluding carboxylic acids is 1. The van der Waals surface area contributed by atoms with Gasteiger partial charge in [-0.2, -0.15) is 10.2 Å². The molecule has 3 N–H and O–H groups in total. The van der Waals surface area contributed by atoms with Gasteiger partial charge in [-0.05, 0) is 24.3 Å². The lowest BCUT2D eigenvalue weighted by Gasteiger charge is -2.04. The molecule has 3 rings (SSSR count). The quantitative estimate of drug-likeness (QED) is 0.474. The van der Waals surface area contributed by atoms with Gasteiger partial charge in [-0.15, -0.1) is 0 Å². The number of benzene rings is 2. The highest BCUT2D eigenvalue weighted by Gasteiger charge is 2.12. The van der Waals surface area contributed by atoms with Crippen LogP contribution in [0, 0.1) is 0 Å². The van der Waals surface area contributed by atoms with Gasteiger partial charge in [0.25, 0.3) is 5.91 Å². The fraction of sp³-hybridized carbons (Fsp3) is 0.0556. The number of carbonyl (C=O) groups is 1. The normalized spacial score (nSPS) is 10.8. The predicted octanol–water partition coefficient (Wildman–Crippen LogP) is 3.21. The molecule has 0 saturated carbocycles. The monoisotopic (exact) mass is 370 g/mol. The van der Waals surface area contributed by atoms with Crippen molar-refractivity contribution >= 4 is 23.7 Å². The first-order chi connectivity index (χ1) is 12.6. The lowest BCUT2D eigenvalue weighted by atomic mass is 10.1. The number of phenols is 1. The van der Waals surface area contributed by atoms with Crippen LogP contribution in [0.5, 0.6) is 11.5 Å². The Hall–Kier alpha value is -3.32. The first kappa shape index (κ1) is 17.5. The Morgan fingerprint density at radius 1 is 1.31 bits per heavy atom. The van der Waals surface area contributed by atoms with Crippen molar-refractivity contribution in [3.8, 4) is 22.8 Å². The summed E-state index contributed by atoms with van der Waals surface area (Å²) in [4.78, 5) is 12.2. The molecule has 1 heterocycles. The van der Waals surface area contributed by atoms with Gasteiger partial charge in [-0.3, -0.25) is 9.89 Å². The van der Waals surface area contributed by atoms with E-state index in [1.165, 1.54) is 13.3 Å². The van der Waals surface area contributed by atoms with Gasteiger partial charge in [-0.1, -0.05) is 35.9 Å². The SMILES string of the molecule is COc1cccc(/C=N\NC(=O)c2cc(-c3ccccc3Cl)n[nH]2)c1O. The number of aromatic amines is 1. The minimum absolute atomic E-state index is 0.0597. The molecule has 0 atom stereocenters. The number of methoxy groups -OCH3 is 1. The van der Waals surface area contributed by atoms with Crippen molar-refractivity contribution in [3.05, 3.63) is 64.8 Å². The standard InChI is InChI=1S/C18H15ClN4O3/c1-26-16-8-4-5-11(17(16)24)10-20-23-18(25)15-9-14(21-22-15)12-6-2-3-7-13(12)19/h2-10,24H,1H3,(H,21,22)(H,23,25)/b20-10-. The number of amides is 1. The molecule has 0 unspecified atom stereocenters. The number of hydrogen-bond acceptors (Lipinski definition) is 5. The second kappa shape index (κ2) is 7.71. The number of rotatable bonds is 5. The zero-order chi connectivity index (χ0) is 18.5. The zero-order valence-electron chi connectivity index (χ0n) is 13.7. The van der Waals surface area contributed by atoms with Gasteiger partial charge in [0.2, 0.25) is 0 Å². The molecule has 0 aliphatic rings. The third kappa shape index (κ3) is 3.68. The zero-order valence-corrected chi connectivity index (χ0v) is 14.5. The lowest BCUT2D eigenvalue weighted by Crippen LogP contribution is -2.18. The van der Waals surface area contributed by atoms with E-state index in [-0.39, 0.29) is 11.4 Å². The number of nitrogens with one attached hydrogen (secondary N) is 2. The maximum atomic E-state index is 12.2. The summed E-state index contributed by atoms with van der Waals surface area (Å²) in [5, 5.41) is 21.1. The average molecular weight is 371 g/mol. The molecular formula is C18H15ClN4O3. The molecule has 0 fully saturated rings. The molecule has 3 aromatic rings. The van der Waals surface area contributed by atoms with Crippen LogP contribution in [0.2, 0.25) is 5.02 Å². The van der Waals surface area contributed by atoms with E-state index in [9.17, 15) is 9.90 Å². The summed E-state index contributed by atoms with van der Waals surface area (Å²) in [6, 6.07) is 13.7. The van der Waals surface area contributed by atoms with E-state index in [4.69, 9.17) is 16.3 Å². The molecule has 26 heavy (non-hydrogen) atoms. The van der Waals surface area contributed by atoms with Gasteiger partial charge in [-0.25, -0.2) is 5.43 Å². The van der Waals surface area contributed by atoms with E-state index in [1.54, 1.807) is 30.3 Å². The Kier molecular flexibility index (Phi) is 5.19. The second-order valence-electron chi connectivity index (χ2n) is 5.24. The highest BCUT2D eigenvalue weighted by molar-refractivity contribution is 6.33. The third-order valence-corrected chi connectivity index (χ3v) is 3.92. The molecule has 0 aliphatic heterocycles. The maximum Gasteiger partial charge on any atom is 0.289 e. The molecule has 0 aliphatic carbocycles. The molecule has 0 saturated heterocycles. The number of H-pyrrole nitrogens is 1. The first-order valence-corrected chi connectivity index (χ1v) is 7.97. The fourth-order valence-electron chi connectivity index (χ4n) is 2.27. The number of hydrazone groups is 1. The van der Waals surface area contributed by atoms with Gasteiger partial charge in [0.05, 0.1) is 24.0 Å². The van der Waals surface area contributed by atoms with Gasteiger partial charge in [0.15, 0.2) is 11.5 Å². The van der Waals surface area contributed by atoms with Crippen molar-refractivity contribution in [2.75, 3.05) is 7.11 Å². The summed E-state index contributed by atoms with van der Waals surface area (Å²) in [6.45, 7) is 0. The molecule has 0 spiro atoms. The third-order valence-electron chi connectivity index (χ3n) is 3.59. The number of para-hydroxylation sites is 1. The number of nitrogens with zero attached hydrogens (tertiary/aromatic N) is 2. The van der Waals surface area contributed by atoms with Crippen molar-refractivity contribution in [3.63, 3.8) is 0 Å². The Balaban J connectivity index is 1.71. The first-order valence-electron chi connectivity index (χ1n) is 7.60. The Labute approximate surface area is 154 Å². The van der Waals surface area contributed by atoms with Crippen LogP contribution in [0.25, 0.3) is 11.3 Å². The van der Waals surface area contributed by atoms with Gasteiger partial charge < -0.3 is 9.84 Å². The molecular weight excluding hydrogens is 356 g/mol. The number of halogens is 1. The van der Waals surface area contributed by atoms with Crippen molar-refractivity contribution < 1.29 is 14.6 Å². The van der Waals surface area contributed by atoms with Crippen LogP contribution in [-0.4, -0.2) is 34.5 Å². The fourth-order valence-corrected chi connectivity index (χ4v) is 2.51. The molecule has 132 valence electrons. The van der Waals surface area contributed by atoms with Gasteiger partial charge >= 0.3 is 0 Å². The molecule has 1 aromatic heterocycles. The number of aromatic hydroxyl groups is 1. The molecule has 1 amide bonds.